The highest BCUT2D eigenvalue weighted by molar-refractivity contribution is 7.99. The Kier molecular flexibility index (Phi) is 6.25. The van der Waals surface area contributed by atoms with Crippen LogP contribution in [0.5, 0.6) is 0 Å². The van der Waals surface area contributed by atoms with Gasteiger partial charge in [-0.25, -0.2) is 4.98 Å². The molecule has 2 aromatic heterocycles. The molecule has 168 valence electrons. The Balaban J connectivity index is 1.56. The van der Waals surface area contributed by atoms with Crippen molar-refractivity contribution in [2.45, 2.75) is 30.8 Å². The molecule has 0 radical (unpaired) electrons. The molecule has 0 unspecified atom stereocenters. The molecule has 2 aromatic carbocycles. The molecule has 1 N–H and O–H groups in total. The van der Waals surface area contributed by atoms with Gasteiger partial charge in [0.05, 0.1) is 15.5 Å². The van der Waals surface area contributed by atoms with Gasteiger partial charge in [-0.2, -0.15) is 0 Å². The number of amides is 1. The van der Waals surface area contributed by atoms with E-state index in [4.69, 9.17) is 0 Å². The molecule has 4 aromatic rings. The van der Waals surface area contributed by atoms with Crippen LogP contribution in [0.4, 0.5) is 10.8 Å². The second kappa shape index (κ2) is 9.12. The van der Waals surface area contributed by atoms with Gasteiger partial charge in [-0.3, -0.25) is 20.2 Å². The van der Waals surface area contributed by atoms with Crippen molar-refractivity contribution >= 4 is 39.8 Å². The molecule has 2 heterocycles. The van der Waals surface area contributed by atoms with E-state index in [1.165, 1.54) is 40.9 Å². The number of hydrogen-bond acceptors (Lipinski definition) is 8. The minimum atomic E-state index is -0.514. The zero-order chi connectivity index (χ0) is 23.7. The van der Waals surface area contributed by atoms with Crippen LogP contribution >= 0.6 is 23.1 Å². The van der Waals surface area contributed by atoms with E-state index in [0.717, 1.165) is 28.6 Å². The molecule has 11 heteroatoms. The van der Waals surface area contributed by atoms with E-state index in [1.807, 2.05) is 19.2 Å². The van der Waals surface area contributed by atoms with Gasteiger partial charge in [0.2, 0.25) is 0 Å². The quantitative estimate of drug-likeness (QED) is 0.299. The van der Waals surface area contributed by atoms with Crippen molar-refractivity contribution in [2.75, 3.05) is 5.32 Å². The maximum atomic E-state index is 12.8. The molecule has 0 fully saturated rings. The molecule has 0 aliphatic heterocycles. The Labute approximate surface area is 198 Å². The molecule has 0 bridgehead atoms. The summed E-state index contributed by atoms with van der Waals surface area (Å²) >= 11 is 2.42. The van der Waals surface area contributed by atoms with Gasteiger partial charge in [-0.1, -0.05) is 6.07 Å². The summed E-state index contributed by atoms with van der Waals surface area (Å²) in [6.45, 7) is 6.14. The lowest BCUT2D eigenvalue weighted by molar-refractivity contribution is -0.387. The number of carbonyl (C=O) groups excluding carboxylic acids is 1. The van der Waals surface area contributed by atoms with Gasteiger partial charge in [-0.05, 0) is 67.4 Å². The number of rotatable bonds is 6. The molecular formula is C22H20N6O3S2. The Bertz CT molecular complexity index is 1380. The van der Waals surface area contributed by atoms with Crippen molar-refractivity contribution in [2.24, 2.45) is 7.05 Å². The summed E-state index contributed by atoms with van der Waals surface area (Å²) in [5, 5.41) is 24.9. The van der Waals surface area contributed by atoms with E-state index >= 15 is 0 Å². The van der Waals surface area contributed by atoms with Gasteiger partial charge in [0.1, 0.15) is 6.33 Å². The summed E-state index contributed by atoms with van der Waals surface area (Å²) in [7, 11) is 1.75. The SMILES string of the molecule is Cc1cc(C)c(-c2csc(NC(=O)c3ccc(Sc4nncn4C)c([N+](=O)[O-])c3)n2)cc1C. The molecule has 0 aliphatic rings. The smallest absolute Gasteiger partial charge is 0.284 e. The molecule has 0 spiro atoms. The summed E-state index contributed by atoms with van der Waals surface area (Å²) in [5.74, 6) is -0.467. The lowest BCUT2D eigenvalue weighted by Gasteiger charge is -2.07. The largest absolute Gasteiger partial charge is 0.311 e. The van der Waals surface area contributed by atoms with Gasteiger partial charge in [0.25, 0.3) is 11.6 Å². The fourth-order valence-electron chi connectivity index (χ4n) is 3.21. The predicted octanol–water partition coefficient (Wildman–Crippen LogP) is 5.18. The van der Waals surface area contributed by atoms with Crippen LogP contribution in [-0.4, -0.2) is 30.6 Å². The second-order valence-electron chi connectivity index (χ2n) is 7.51. The number of anilines is 1. The number of nitrogens with zero attached hydrogens (tertiary/aromatic N) is 5. The number of thiazole rings is 1. The Morgan fingerprint density at radius 3 is 2.61 bits per heavy atom. The molecule has 0 atom stereocenters. The molecule has 0 saturated carbocycles. The fourth-order valence-corrected chi connectivity index (χ4v) is 4.77. The standard InChI is InChI=1S/C22H20N6O3S2/c1-12-7-14(3)16(8-13(12)2)17-10-32-21(24-17)25-20(29)15-5-6-19(18(9-15)28(30)31)33-22-26-23-11-27(22)4/h5-11H,1-4H3,(H,24,25,29). The second-order valence-corrected chi connectivity index (χ2v) is 9.38. The van der Waals surface area contributed by atoms with Crippen LogP contribution in [-0.2, 0) is 7.05 Å². The lowest BCUT2D eigenvalue weighted by Crippen LogP contribution is -2.12. The zero-order valence-electron chi connectivity index (χ0n) is 18.3. The maximum absolute atomic E-state index is 12.8. The summed E-state index contributed by atoms with van der Waals surface area (Å²) in [4.78, 5) is 28.8. The normalized spacial score (nSPS) is 10.9. The van der Waals surface area contributed by atoms with Crippen molar-refractivity contribution < 1.29 is 9.72 Å². The predicted molar refractivity (Wildman–Crippen MR) is 128 cm³/mol. The number of nitro benzene ring substituents is 1. The topological polar surface area (TPSA) is 116 Å². The Morgan fingerprint density at radius 2 is 1.91 bits per heavy atom. The third kappa shape index (κ3) is 4.78. The number of aromatic nitrogens is 4. The first-order valence-corrected chi connectivity index (χ1v) is 11.6. The van der Waals surface area contributed by atoms with E-state index in [-0.39, 0.29) is 11.3 Å². The van der Waals surface area contributed by atoms with Gasteiger partial charge < -0.3 is 4.57 Å². The lowest BCUT2D eigenvalue weighted by atomic mass is 9.99. The monoisotopic (exact) mass is 480 g/mol. The van der Waals surface area contributed by atoms with E-state index in [2.05, 4.69) is 39.6 Å². The molecule has 0 saturated heterocycles. The van der Waals surface area contributed by atoms with Gasteiger partial charge in [-0.15, -0.1) is 21.5 Å². The van der Waals surface area contributed by atoms with Crippen LogP contribution in [0.1, 0.15) is 27.0 Å². The van der Waals surface area contributed by atoms with E-state index < -0.39 is 10.8 Å². The number of carbonyl (C=O) groups is 1. The minimum absolute atomic E-state index is 0.170. The molecule has 33 heavy (non-hydrogen) atoms. The highest BCUT2D eigenvalue weighted by Gasteiger charge is 2.21. The number of nitrogens with one attached hydrogen (secondary N) is 1. The van der Waals surface area contributed by atoms with Crippen LogP contribution in [0.25, 0.3) is 11.3 Å². The van der Waals surface area contributed by atoms with Crippen LogP contribution in [0.3, 0.4) is 0 Å². The number of hydrogen-bond donors (Lipinski definition) is 1. The minimum Gasteiger partial charge on any atom is -0.311 e. The van der Waals surface area contributed by atoms with Crippen molar-refractivity contribution in [3.63, 3.8) is 0 Å². The van der Waals surface area contributed by atoms with Crippen LogP contribution < -0.4 is 5.32 Å². The summed E-state index contributed by atoms with van der Waals surface area (Å²) in [5.41, 5.74) is 5.26. The fraction of sp³-hybridized carbons (Fsp3) is 0.182. The molecule has 9 nitrogen and oxygen atoms in total. The summed E-state index contributed by atoms with van der Waals surface area (Å²) < 4.78 is 1.66. The van der Waals surface area contributed by atoms with Crippen molar-refractivity contribution in [1.29, 1.82) is 0 Å². The van der Waals surface area contributed by atoms with Crippen molar-refractivity contribution in [3.05, 3.63) is 74.4 Å². The summed E-state index contributed by atoms with van der Waals surface area (Å²) in [6, 6.07) is 8.54. The maximum Gasteiger partial charge on any atom is 0.284 e. The zero-order valence-corrected chi connectivity index (χ0v) is 20.0. The third-order valence-electron chi connectivity index (χ3n) is 5.13. The van der Waals surface area contributed by atoms with Crippen molar-refractivity contribution in [3.8, 4) is 11.3 Å². The van der Waals surface area contributed by atoms with E-state index in [9.17, 15) is 14.9 Å². The average Bonchev–Trinajstić information content (AvgIpc) is 3.39. The van der Waals surface area contributed by atoms with E-state index in [0.29, 0.717) is 15.2 Å². The first kappa shape index (κ1) is 22.6. The number of aryl methyl sites for hydroxylation is 4. The summed E-state index contributed by atoms with van der Waals surface area (Å²) in [6.07, 6.45) is 1.51. The number of nitro groups is 1. The third-order valence-corrected chi connectivity index (χ3v) is 7.01. The Morgan fingerprint density at radius 1 is 1.15 bits per heavy atom. The van der Waals surface area contributed by atoms with E-state index in [1.54, 1.807) is 17.7 Å². The van der Waals surface area contributed by atoms with Crippen LogP contribution in [0.15, 0.2) is 52.1 Å². The van der Waals surface area contributed by atoms with Crippen LogP contribution in [0, 0.1) is 30.9 Å². The molecular weight excluding hydrogens is 460 g/mol. The van der Waals surface area contributed by atoms with Crippen molar-refractivity contribution in [1.82, 2.24) is 19.7 Å². The highest BCUT2D eigenvalue weighted by atomic mass is 32.2. The highest BCUT2D eigenvalue weighted by Crippen LogP contribution is 2.34. The first-order valence-electron chi connectivity index (χ1n) is 9.88. The van der Waals surface area contributed by atoms with Gasteiger partial charge in [0, 0.05) is 29.6 Å². The molecule has 1 amide bonds. The number of benzene rings is 2. The Hall–Kier alpha value is -3.57. The molecule has 0 aliphatic carbocycles. The van der Waals surface area contributed by atoms with Gasteiger partial charge >= 0.3 is 0 Å². The average molecular weight is 481 g/mol. The first-order chi connectivity index (χ1) is 15.7. The molecule has 4 rings (SSSR count). The van der Waals surface area contributed by atoms with Gasteiger partial charge in [0.15, 0.2) is 10.3 Å². The van der Waals surface area contributed by atoms with Crippen LogP contribution in [0.2, 0.25) is 0 Å².